The van der Waals surface area contributed by atoms with E-state index < -0.39 is 9.84 Å². The Morgan fingerprint density at radius 3 is 2.58 bits per heavy atom. The molecule has 1 aromatic carbocycles. The number of rotatable bonds is 4. The minimum Gasteiger partial charge on any atom is -0.346 e. The molecule has 6 heteroatoms. The fourth-order valence-corrected chi connectivity index (χ4v) is 3.94. The summed E-state index contributed by atoms with van der Waals surface area (Å²) in [6.45, 7) is 0. The summed E-state index contributed by atoms with van der Waals surface area (Å²) in [6.07, 6.45) is 9.63. The predicted molar refractivity (Wildman–Crippen MR) is 100 cm³/mol. The van der Waals surface area contributed by atoms with E-state index in [2.05, 4.69) is 16.0 Å². The molecule has 0 atom stereocenters. The first-order chi connectivity index (χ1) is 12.4. The van der Waals surface area contributed by atoms with Crippen molar-refractivity contribution in [3.05, 3.63) is 65.7 Å². The Morgan fingerprint density at radius 2 is 1.96 bits per heavy atom. The third-order valence-electron chi connectivity index (χ3n) is 4.96. The number of nitrogens with one attached hydrogen (secondary N) is 1. The molecule has 0 aliphatic heterocycles. The van der Waals surface area contributed by atoms with Gasteiger partial charge in [0, 0.05) is 23.4 Å². The maximum atomic E-state index is 14.8. The fraction of sp³-hybridized carbons (Fsp3) is 0.250. The number of benzene rings is 1. The molecule has 0 amide bonds. The number of fused-ring (bicyclic) bond motifs is 1. The molecule has 0 radical (unpaired) electrons. The van der Waals surface area contributed by atoms with Crippen molar-refractivity contribution in [2.75, 3.05) is 6.26 Å². The molecular weight excluding hydrogens is 351 g/mol. The fourth-order valence-electron chi connectivity index (χ4n) is 3.31. The molecule has 4 nitrogen and oxygen atoms in total. The average molecular weight is 370 g/mol. The maximum absolute atomic E-state index is 14.8. The van der Waals surface area contributed by atoms with E-state index in [0.717, 1.165) is 29.4 Å². The molecule has 0 unspecified atom stereocenters. The van der Waals surface area contributed by atoms with E-state index in [0.29, 0.717) is 17.1 Å². The van der Waals surface area contributed by atoms with E-state index in [1.807, 2.05) is 6.07 Å². The Balaban J connectivity index is 1.89. The van der Waals surface area contributed by atoms with Crippen LogP contribution >= 0.6 is 0 Å². The number of pyridine rings is 1. The second kappa shape index (κ2) is 6.36. The highest BCUT2D eigenvalue weighted by molar-refractivity contribution is 7.90. The molecular formula is C20H19FN2O2S. The Morgan fingerprint density at radius 1 is 1.23 bits per heavy atom. The number of aromatic nitrogens is 2. The van der Waals surface area contributed by atoms with Gasteiger partial charge in [-0.05, 0) is 48.1 Å². The van der Waals surface area contributed by atoms with Crippen molar-refractivity contribution < 1.29 is 12.8 Å². The first-order valence-electron chi connectivity index (χ1n) is 8.58. The van der Waals surface area contributed by atoms with Gasteiger partial charge in [-0.2, -0.15) is 0 Å². The number of H-pyrrole nitrogens is 1. The summed E-state index contributed by atoms with van der Waals surface area (Å²) in [5, 5.41) is 0.725. The van der Waals surface area contributed by atoms with Crippen LogP contribution in [0, 0.1) is 11.7 Å². The normalized spacial score (nSPS) is 16.0. The second-order valence-electron chi connectivity index (χ2n) is 6.79. The Kier molecular flexibility index (Phi) is 4.15. The lowest BCUT2D eigenvalue weighted by atomic mass is 9.81. The van der Waals surface area contributed by atoms with E-state index in [1.165, 1.54) is 18.9 Å². The molecule has 4 rings (SSSR count). The van der Waals surface area contributed by atoms with Crippen molar-refractivity contribution in [1.29, 1.82) is 0 Å². The van der Waals surface area contributed by atoms with Crippen LogP contribution in [-0.2, 0) is 9.84 Å². The van der Waals surface area contributed by atoms with Crippen LogP contribution in [0.15, 0.2) is 53.7 Å². The molecule has 0 spiro atoms. The molecule has 1 saturated carbocycles. The van der Waals surface area contributed by atoms with Gasteiger partial charge >= 0.3 is 0 Å². The quantitative estimate of drug-likeness (QED) is 0.743. The van der Waals surface area contributed by atoms with Crippen molar-refractivity contribution >= 4 is 26.4 Å². The predicted octanol–water partition coefficient (Wildman–Crippen LogP) is 4.34. The molecule has 134 valence electrons. The summed E-state index contributed by atoms with van der Waals surface area (Å²) in [6, 6.07) is 8.47. The van der Waals surface area contributed by atoms with Crippen LogP contribution in [0.25, 0.3) is 16.6 Å². The van der Waals surface area contributed by atoms with E-state index in [-0.39, 0.29) is 10.7 Å². The summed E-state index contributed by atoms with van der Waals surface area (Å²) in [7, 11) is -3.27. The van der Waals surface area contributed by atoms with Gasteiger partial charge < -0.3 is 4.98 Å². The van der Waals surface area contributed by atoms with Crippen LogP contribution in [0.2, 0.25) is 0 Å². The van der Waals surface area contributed by atoms with Crippen molar-refractivity contribution in [2.45, 2.75) is 24.2 Å². The van der Waals surface area contributed by atoms with Gasteiger partial charge in [-0.15, -0.1) is 0 Å². The maximum Gasteiger partial charge on any atom is 0.175 e. The molecule has 2 heterocycles. The van der Waals surface area contributed by atoms with Crippen molar-refractivity contribution in [3.8, 4) is 0 Å². The van der Waals surface area contributed by atoms with Gasteiger partial charge in [0.1, 0.15) is 11.5 Å². The minimum absolute atomic E-state index is 0.256. The standard InChI is InChI=1S/C20H19FN2O2S/c1-26(24,25)15-7-5-14(6-8-15)17(11-13-3-2-4-13)19-16-9-10-22-20(16)23-12-18(19)21/h5-13H,2-4H2,1H3,(H,22,23)/b17-11+. The zero-order chi connectivity index (χ0) is 18.3. The number of hydrogen-bond acceptors (Lipinski definition) is 3. The number of halogens is 1. The molecule has 0 bridgehead atoms. The molecule has 1 N–H and O–H groups in total. The van der Waals surface area contributed by atoms with Crippen molar-refractivity contribution in [3.63, 3.8) is 0 Å². The van der Waals surface area contributed by atoms with Gasteiger partial charge in [0.15, 0.2) is 9.84 Å². The largest absolute Gasteiger partial charge is 0.346 e. The van der Waals surface area contributed by atoms with Crippen LogP contribution in [0.4, 0.5) is 4.39 Å². The van der Waals surface area contributed by atoms with E-state index in [4.69, 9.17) is 0 Å². The number of aromatic amines is 1. The van der Waals surface area contributed by atoms with Gasteiger partial charge in [0.25, 0.3) is 0 Å². The summed E-state index contributed by atoms with van der Waals surface area (Å²) >= 11 is 0. The molecule has 0 saturated heterocycles. The van der Waals surface area contributed by atoms with Crippen LogP contribution in [0.5, 0.6) is 0 Å². The molecule has 3 aromatic rings. The summed E-state index contributed by atoms with van der Waals surface area (Å²) in [5.41, 5.74) is 2.74. The van der Waals surface area contributed by atoms with Gasteiger partial charge in [0.05, 0.1) is 11.1 Å². The Hall–Kier alpha value is -2.47. The lowest BCUT2D eigenvalue weighted by molar-refractivity contribution is 0.388. The highest BCUT2D eigenvalue weighted by Crippen LogP contribution is 2.36. The summed E-state index contributed by atoms with van der Waals surface area (Å²) in [4.78, 5) is 7.38. The highest BCUT2D eigenvalue weighted by Gasteiger charge is 2.21. The van der Waals surface area contributed by atoms with Crippen LogP contribution in [0.3, 0.4) is 0 Å². The molecule has 26 heavy (non-hydrogen) atoms. The van der Waals surface area contributed by atoms with Crippen LogP contribution in [0.1, 0.15) is 30.4 Å². The average Bonchev–Trinajstić information content (AvgIpc) is 3.03. The van der Waals surface area contributed by atoms with Crippen molar-refractivity contribution in [2.24, 2.45) is 5.92 Å². The van der Waals surface area contributed by atoms with E-state index in [9.17, 15) is 12.8 Å². The number of sulfone groups is 1. The van der Waals surface area contributed by atoms with Gasteiger partial charge in [-0.3, -0.25) is 0 Å². The van der Waals surface area contributed by atoms with Crippen molar-refractivity contribution in [1.82, 2.24) is 9.97 Å². The van der Waals surface area contributed by atoms with Gasteiger partial charge in [-0.25, -0.2) is 17.8 Å². The lowest BCUT2D eigenvalue weighted by Gasteiger charge is -2.24. The molecule has 1 fully saturated rings. The van der Waals surface area contributed by atoms with Gasteiger partial charge in [0.2, 0.25) is 0 Å². The lowest BCUT2D eigenvalue weighted by Crippen LogP contribution is -2.09. The number of hydrogen-bond donors (Lipinski definition) is 1. The Bertz CT molecular complexity index is 1090. The molecule has 1 aliphatic rings. The smallest absolute Gasteiger partial charge is 0.175 e. The van der Waals surface area contributed by atoms with E-state index >= 15 is 0 Å². The third-order valence-corrected chi connectivity index (χ3v) is 6.08. The molecule has 1 aliphatic carbocycles. The minimum atomic E-state index is -3.27. The zero-order valence-corrected chi connectivity index (χ0v) is 15.2. The molecule has 2 aromatic heterocycles. The summed E-state index contributed by atoms with van der Waals surface area (Å²) in [5.74, 6) is 0.0380. The topological polar surface area (TPSA) is 62.8 Å². The third kappa shape index (κ3) is 3.05. The monoisotopic (exact) mass is 370 g/mol. The summed E-state index contributed by atoms with van der Waals surface area (Å²) < 4.78 is 38.2. The van der Waals surface area contributed by atoms with Crippen LogP contribution < -0.4 is 0 Å². The first kappa shape index (κ1) is 17.0. The first-order valence-corrected chi connectivity index (χ1v) is 10.5. The Labute approximate surface area is 151 Å². The van der Waals surface area contributed by atoms with E-state index in [1.54, 1.807) is 30.5 Å². The van der Waals surface area contributed by atoms with Crippen LogP contribution in [-0.4, -0.2) is 24.6 Å². The number of allylic oxidation sites excluding steroid dienone is 1. The van der Waals surface area contributed by atoms with Gasteiger partial charge in [-0.1, -0.05) is 24.6 Å². The number of nitrogens with zero attached hydrogens (tertiary/aromatic N) is 1. The zero-order valence-electron chi connectivity index (χ0n) is 14.4. The SMILES string of the molecule is CS(=O)(=O)c1ccc(/C(=C\C2CCC2)c2c(F)cnc3[nH]ccc23)cc1. The second-order valence-corrected chi connectivity index (χ2v) is 8.80. The highest BCUT2D eigenvalue weighted by atomic mass is 32.2.